The van der Waals surface area contributed by atoms with Gasteiger partial charge in [-0.3, -0.25) is 19.1 Å². The van der Waals surface area contributed by atoms with E-state index in [0.717, 1.165) is 10.8 Å². The number of aromatic nitrogens is 4. The Bertz CT molecular complexity index is 1920. The number of imidazole rings is 1. The Morgan fingerprint density at radius 1 is 1.02 bits per heavy atom. The van der Waals surface area contributed by atoms with Crippen molar-refractivity contribution in [2.24, 2.45) is 0 Å². The summed E-state index contributed by atoms with van der Waals surface area (Å²) in [5.41, 5.74) is -1.62. The van der Waals surface area contributed by atoms with Crippen LogP contribution in [0.3, 0.4) is 0 Å². The van der Waals surface area contributed by atoms with Gasteiger partial charge in [-0.15, -0.1) is 0 Å². The largest absolute Gasteiger partial charge is 0.497 e. The number of sulfone groups is 1. The number of benzene rings is 1. The number of methoxy groups -OCH3 is 1. The van der Waals surface area contributed by atoms with E-state index in [-0.39, 0.29) is 39.6 Å². The fourth-order valence-electron chi connectivity index (χ4n) is 4.73. The second-order valence-corrected chi connectivity index (χ2v) is 12.5. The number of ether oxygens (including phenoxy) is 1. The van der Waals surface area contributed by atoms with Crippen molar-refractivity contribution in [3.63, 3.8) is 0 Å². The van der Waals surface area contributed by atoms with Crippen LogP contribution in [0.4, 0.5) is 22.0 Å². The molecule has 0 spiro atoms. The first-order chi connectivity index (χ1) is 20.2. The molecule has 43 heavy (non-hydrogen) atoms. The monoisotopic (exact) mass is 621 g/mol. The molecule has 1 saturated carbocycles. The SMILES string of the molecule is CCS(=O)(=O)c1cc(C2(C#N)CC2)cnc1-c1cc2c(cn1)n(CC(F)(F)C(F)(F)F)c(=O)n2Cc1ccc(OC)cc1. The van der Waals surface area contributed by atoms with Crippen LogP contribution in [0.5, 0.6) is 5.75 Å². The number of nitrogens with zero attached hydrogens (tertiary/aromatic N) is 5. The molecule has 0 amide bonds. The minimum atomic E-state index is -5.92. The maximum atomic E-state index is 14.2. The highest BCUT2D eigenvalue weighted by Gasteiger charge is 2.58. The summed E-state index contributed by atoms with van der Waals surface area (Å²) in [6, 6.07) is 11.1. The Labute approximate surface area is 242 Å². The van der Waals surface area contributed by atoms with E-state index in [1.54, 1.807) is 24.3 Å². The molecule has 4 aromatic rings. The van der Waals surface area contributed by atoms with Gasteiger partial charge in [0.25, 0.3) is 0 Å². The van der Waals surface area contributed by atoms with E-state index in [2.05, 4.69) is 16.0 Å². The molecule has 9 nitrogen and oxygen atoms in total. The minimum Gasteiger partial charge on any atom is -0.497 e. The maximum absolute atomic E-state index is 14.2. The number of rotatable bonds is 9. The van der Waals surface area contributed by atoms with E-state index >= 15 is 0 Å². The summed E-state index contributed by atoms with van der Waals surface area (Å²) >= 11 is 0. The van der Waals surface area contributed by atoms with E-state index in [9.17, 15) is 40.4 Å². The topological polar surface area (TPSA) is 120 Å². The van der Waals surface area contributed by atoms with E-state index < -0.39 is 39.6 Å². The molecule has 1 aromatic carbocycles. The van der Waals surface area contributed by atoms with Crippen molar-refractivity contribution < 1.29 is 35.1 Å². The van der Waals surface area contributed by atoms with Crippen molar-refractivity contribution in [1.29, 1.82) is 5.26 Å². The number of pyridine rings is 2. The maximum Gasteiger partial charge on any atom is 0.455 e. The summed E-state index contributed by atoms with van der Waals surface area (Å²) in [6.07, 6.45) is -2.53. The van der Waals surface area contributed by atoms with Crippen LogP contribution in [-0.4, -0.2) is 52.5 Å². The van der Waals surface area contributed by atoms with E-state index in [1.165, 1.54) is 32.4 Å². The Hall–Kier alpha value is -4.32. The van der Waals surface area contributed by atoms with Crippen molar-refractivity contribution >= 4 is 20.9 Å². The molecule has 1 aliphatic carbocycles. The second-order valence-electron chi connectivity index (χ2n) is 10.2. The number of hydrogen-bond donors (Lipinski definition) is 0. The Kier molecular flexibility index (Phi) is 7.32. The van der Waals surface area contributed by atoms with Crippen LogP contribution in [-0.2, 0) is 28.3 Å². The Morgan fingerprint density at radius 3 is 2.26 bits per heavy atom. The van der Waals surface area contributed by atoms with E-state index in [4.69, 9.17) is 4.74 Å². The molecule has 0 unspecified atom stereocenters. The van der Waals surface area contributed by atoms with Gasteiger partial charge in [0.15, 0.2) is 9.84 Å². The average molecular weight is 622 g/mol. The van der Waals surface area contributed by atoms with Crippen LogP contribution in [0.25, 0.3) is 22.4 Å². The van der Waals surface area contributed by atoms with Crippen LogP contribution in [0.15, 0.2) is 58.5 Å². The zero-order valence-electron chi connectivity index (χ0n) is 22.8. The normalized spacial score (nSPS) is 14.9. The summed E-state index contributed by atoms with van der Waals surface area (Å²) in [5.74, 6) is -5.04. The van der Waals surface area contributed by atoms with Crippen molar-refractivity contribution in [1.82, 2.24) is 19.1 Å². The van der Waals surface area contributed by atoms with Gasteiger partial charge in [-0.25, -0.2) is 13.2 Å². The Balaban J connectivity index is 1.71. The number of fused-ring (bicyclic) bond motifs is 1. The van der Waals surface area contributed by atoms with E-state index in [1.807, 2.05) is 0 Å². The van der Waals surface area contributed by atoms with Crippen LogP contribution in [0.2, 0.25) is 0 Å². The lowest BCUT2D eigenvalue weighted by molar-refractivity contribution is -0.286. The first-order valence-corrected chi connectivity index (χ1v) is 14.6. The zero-order chi connectivity index (χ0) is 31.4. The molecule has 3 aromatic heterocycles. The van der Waals surface area contributed by atoms with Gasteiger partial charge < -0.3 is 4.74 Å². The summed E-state index contributed by atoms with van der Waals surface area (Å²) in [4.78, 5) is 21.6. The van der Waals surface area contributed by atoms with Crippen LogP contribution in [0, 0.1) is 11.3 Å². The van der Waals surface area contributed by atoms with Crippen molar-refractivity contribution in [3.8, 4) is 23.2 Å². The number of halogens is 5. The molecular formula is C28H24F5N5O4S. The second kappa shape index (κ2) is 10.4. The fraction of sp³-hybridized carbons (Fsp3) is 0.357. The van der Waals surface area contributed by atoms with Crippen molar-refractivity contribution in [2.45, 2.75) is 55.3 Å². The first-order valence-electron chi connectivity index (χ1n) is 13.0. The molecule has 15 heteroatoms. The predicted octanol–water partition coefficient (Wildman–Crippen LogP) is 4.86. The third-order valence-corrected chi connectivity index (χ3v) is 9.24. The molecule has 0 atom stereocenters. The third-order valence-electron chi connectivity index (χ3n) is 7.50. The van der Waals surface area contributed by atoms with Gasteiger partial charge in [-0.05, 0) is 48.2 Å². The first kappa shape index (κ1) is 30.1. The van der Waals surface area contributed by atoms with Gasteiger partial charge in [0.05, 0.1) is 58.7 Å². The standard InChI is InChI=1S/C28H24F5N5O4S/c1-3-43(40,41)23-10-18(26(15-34)8-9-26)12-36-24(23)20-11-21-22(13-35-20)38(16-27(29,30)28(31,32)33)25(39)37(21)14-17-4-6-19(42-2)7-5-17/h4-7,10-13H,3,8-9,14,16H2,1-2H3. The summed E-state index contributed by atoms with van der Waals surface area (Å²) < 4.78 is 100. The van der Waals surface area contributed by atoms with Gasteiger partial charge in [-0.2, -0.15) is 27.2 Å². The molecule has 0 saturated heterocycles. The highest BCUT2D eigenvalue weighted by atomic mass is 32.2. The van der Waals surface area contributed by atoms with Gasteiger partial charge >= 0.3 is 17.8 Å². The molecular weight excluding hydrogens is 597 g/mol. The average Bonchev–Trinajstić information content (AvgIpc) is 3.75. The van der Waals surface area contributed by atoms with Crippen LogP contribution >= 0.6 is 0 Å². The van der Waals surface area contributed by atoms with Crippen LogP contribution in [0.1, 0.15) is 30.9 Å². The Morgan fingerprint density at radius 2 is 1.70 bits per heavy atom. The molecule has 5 rings (SSSR count). The third kappa shape index (κ3) is 5.35. The highest BCUT2D eigenvalue weighted by Crippen LogP contribution is 2.48. The molecule has 226 valence electrons. The molecule has 3 heterocycles. The smallest absolute Gasteiger partial charge is 0.455 e. The minimum absolute atomic E-state index is 0.0592. The summed E-state index contributed by atoms with van der Waals surface area (Å²) in [6.45, 7) is -0.779. The molecule has 1 fully saturated rings. The van der Waals surface area contributed by atoms with Crippen molar-refractivity contribution in [2.75, 3.05) is 12.9 Å². The zero-order valence-corrected chi connectivity index (χ0v) is 23.6. The van der Waals surface area contributed by atoms with Gasteiger partial charge in [-0.1, -0.05) is 19.1 Å². The van der Waals surface area contributed by atoms with Crippen molar-refractivity contribution in [3.05, 3.63) is 70.4 Å². The summed E-state index contributed by atoms with van der Waals surface area (Å²) in [7, 11) is -2.48. The van der Waals surface area contributed by atoms with Gasteiger partial charge in [0.2, 0.25) is 0 Å². The highest BCUT2D eigenvalue weighted by molar-refractivity contribution is 7.91. The quantitative estimate of drug-likeness (QED) is 0.245. The van der Waals surface area contributed by atoms with Gasteiger partial charge in [0.1, 0.15) is 18.0 Å². The lowest BCUT2D eigenvalue weighted by Gasteiger charge is -2.19. The lowest BCUT2D eigenvalue weighted by atomic mass is 9.99. The predicted molar refractivity (Wildman–Crippen MR) is 145 cm³/mol. The lowest BCUT2D eigenvalue weighted by Crippen LogP contribution is -2.43. The number of nitriles is 1. The van der Waals surface area contributed by atoms with Gasteiger partial charge in [0, 0.05) is 6.20 Å². The fourth-order valence-corrected chi connectivity index (χ4v) is 5.80. The molecule has 0 aliphatic heterocycles. The molecule has 1 aliphatic rings. The van der Waals surface area contributed by atoms with Crippen LogP contribution < -0.4 is 10.4 Å². The molecule has 0 radical (unpaired) electrons. The number of hydrogen-bond acceptors (Lipinski definition) is 7. The van der Waals surface area contributed by atoms with E-state index in [0.29, 0.717) is 34.3 Å². The molecule has 0 bridgehead atoms. The number of alkyl halides is 5. The molecule has 0 N–H and O–H groups in total. The summed E-state index contributed by atoms with van der Waals surface area (Å²) in [5, 5.41) is 9.60.